The number of nitrogens with one attached hydrogen (secondary N) is 1. The van der Waals surface area contributed by atoms with Crippen molar-refractivity contribution in [1.82, 2.24) is 9.55 Å². The van der Waals surface area contributed by atoms with Gasteiger partial charge in [0.15, 0.2) is 0 Å². The molecule has 0 saturated heterocycles. The van der Waals surface area contributed by atoms with Crippen molar-refractivity contribution in [2.75, 3.05) is 5.32 Å². The molecule has 0 aliphatic carbocycles. The highest BCUT2D eigenvalue weighted by atomic mass is 79.9. The minimum Gasteiger partial charge on any atom is -0.326 e. The van der Waals surface area contributed by atoms with E-state index >= 15 is 0 Å². The number of aromatic nitrogens is 2. The van der Waals surface area contributed by atoms with Crippen LogP contribution >= 0.6 is 15.9 Å². The second kappa shape index (κ2) is 5.90. The Bertz CT molecular complexity index is 762. The van der Waals surface area contributed by atoms with Gasteiger partial charge in [-0.2, -0.15) is 0 Å². The Balaban J connectivity index is 1.88. The SMILES string of the molecule is CC(C)Cn1ccnc1Nc1ccc2cc(Br)ccc2c1. The first-order chi connectivity index (χ1) is 10.1. The molecular weight excluding hydrogens is 326 g/mol. The van der Waals surface area contributed by atoms with Crippen molar-refractivity contribution in [2.45, 2.75) is 20.4 Å². The number of imidazole rings is 1. The van der Waals surface area contributed by atoms with Crippen LogP contribution in [0.4, 0.5) is 11.6 Å². The van der Waals surface area contributed by atoms with Crippen molar-refractivity contribution in [2.24, 2.45) is 5.92 Å². The maximum atomic E-state index is 4.40. The van der Waals surface area contributed by atoms with Gasteiger partial charge in [-0.15, -0.1) is 0 Å². The lowest BCUT2D eigenvalue weighted by Gasteiger charge is -2.12. The molecule has 0 fully saturated rings. The Morgan fingerprint density at radius 3 is 2.71 bits per heavy atom. The summed E-state index contributed by atoms with van der Waals surface area (Å²) in [6.45, 7) is 5.37. The lowest BCUT2D eigenvalue weighted by molar-refractivity contribution is 0.527. The van der Waals surface area contributed by atoms with Crippen LogP contribution in [0.3, 0.4) is 0 Å². The highest BCUT2D eigenvalue weighted by molar-refractivity contribution is 9.10. The van der Waals surface area contributed by atoms with Gasteiger partial charge in [0.1, 0.15) is 0 Å². The Morgan fingerprint density at radius 2 is 1.90 bits per heavy atom. The van der Waals surface area contributed by atoms with Crippen LogP contribution in [0.15, 0.2) is 53.3 Å². The van der Waals surface area contributed by atoms with E-state index in [1.807, 2.05) is 12.4 Å². The van der Waals surface area contributed by atoms with E-state index in [0.717, 1.165) is 22.7 Å². The average molecular weight is 344 g/mol. The summed E-state index contributed by atoms with van der Waals surface area (Å²) in [5, 5.41) is 5.84. The molecule has 3 rings (SSSR count). The van der Waals surface area contributed by atoms with Crippen LogP contribution in [0.1, 0.15) is 13.8 Å². The van der Waals surface area contributed by atoms with Gasteiger partial charge in [0.25, 0.3) is 0 Å². The van der Waals surface area contributed by atoms with E-state index in [-0.39, 0.29) is 0 Å². The monoisotopic (exact) mass is 343 g/mol. The molecule has 0 amide bonds. The molecule has 0 aliphatic heterocycles. The number of halogens is 1. The van der Waals surface area contributed by atoms with Gasteiger partial charge in [0.2, 0.25) is 5.95 Å². The first kappa shape index (κ1) is 14.1. The normalized spacial score (nSPS) is 11.2. The molecule has 4 heteroatoms. The van der Waals surface area contributed by atoms with E-state index in [1.165, 1.54) is 10.8 Å². The number of nitrogens with zero attached hydrogens (tertiary/aromatic N) is 2. The van der Waals surface area contributed by atoms with Gasteiger partial charge in [-0.25, -0.2) is 4.98 Å². The molecule has 3 nitrogen and oxygen atoms in total. The Labute approximate surface area is 133 Å². The Hall–Kier alpha value is -1.81. The summed E-state index contributed by atoms with van der Waals surface area (Å²) in [5.41, 5.74) is 1.06. The standard InChI is InChI=1S/C17H18BrN3/c1-12(2)11-21-8-7-19-17(21)20-16-6-4-13-9-15(18)5-3-14(13)10-16/h3-10,12H,11H2,1-2H3,(H,19,20). The van der Waals surface area contributed by atoms with Crippen LogP contribution in [0.2, 0.25) is 0 Å². The summed E-state index contributed by atoms with van der Waals surface area (Å²) in [6.07, 6.45) is 3.85. The molecule has 108 valence electrons. The van der Waals surface area contributed by atoms with Crippen LogP contribution < -0.4 is 5.32 Å². The predicted molar refractivity (Wildman–Crippen MR) is 92.0 cm³/mol. The third-order valence-corrected chi connectivity index (χ3v) is 3.83. The van der Waals surface area contributed by atoms with Gasteiger partial charge in [-0.1, -0.05) is 41.9 Å². The number of anilines is 2. The van der Waals surface area contributed by atoms with Crippen LogP contribution in [0.5, 0.6) is 0 Å². The summed E-state index contributed by atoms with van der Waals surface area (Å²) in [7, 11) is 0. The molecule has 0 unspecified atom stereocenters. The minimum atomic E-state index is 0.591. The molecule has 3 aromatic rings. The summed E-state index contributed by atoms with van der Waals surface area (Å²) in [5.74, 6) is 1.48. The first-order valence-corrected chi connectivity index (χ1v) is 7.88. The van der Waals surface area contributed by atoms with E-state index in [9.17, 15) is 0 Å². The lowest BCUT2D eigenvalue weighted by Crippen LogP contribution is -2.07. The quantitative estimate of drug-likeness (QED) is 0.705. The highest BCUT2D eigenvalue weighted by Crippen LogP contribution is 2.24. The number of hydrogen-bond acceptors (Lipinski definition) is 2. The Kier molecular flexibility index (Phi) is 3.97. The molecule has 2 aromatic carbocycles. The zero-order valence-corrected chi connectivity index (χ0v) is 13.8. The molecule has 1 heterocycles. The van der Waals surface area contributed by atoms with E-state index in [0.29, 0.717) is 5.92 Å². The van der Waals surface area contributed by atoms with E-state index in [1.54, 1.807) is 0 Å². The number of fused-ring (bicyclic) bond motifs is 1. The smallest absolute Gasteiger partial charge is 0.207 e. The fraction of sp³-hybridized carbons (Fsp3) is 0.235. The van der Waals surface area contributed by atoms with Crippen LogP contribution in [-0.2, 0) is 6.54 Å². The van der Waals surface area contributed by atoms with Crippen molar-refractivity contribution in [3.63, 3.8) is 0 Å². The second-order valence-corrected chi connectivity index (χ2v) is 6.54. The fourth-order valence-corrected chi connectivity index (χ4v) is 2.78. The fourth-order valence-electron chi connectivity index (χ4n) is 2.40. The second-order valence-electron chi connectivity index (χ2n) is 5.63. The van der Waals surface area contributed by atoms with Crippen LogP contribution in [0, 0.1) is 5.92 Å². The van der Waals surface area contributed by atoms with Crippen LogP contribution in [0.25, 0.3) is 10.8 Å². The van der Waals surface area contributed by atoms with Gasteiger partial charge >= 0.3 is 0 Å². The van der Waals surface area contributed by atoms with Crippen molar-refractivity contribution < 1.29 is 0 Å². The van der Waals surface area contributed by atoms with E-state index < -0.39 is 0 Å². The average Bonchev–Trinajstić information content (AvgIpc) is 2.85. The molecule has 0 aliphatic rings. The molecule has 1 aromatic heterocycles. The number of rotatable bonds is 4. The third-order valence-electron chi connectivity index (χ3n) is 3.34. The summed E-state index contributed by atoms with van der Waals surface area (Å²) < 4.78 is 3.25. The van der Waals surface area contributed by atoms with Gasteiger partial charge in [-0.05, 0) is 41.0 Å². The predicted octanol–water partition coefficient (Wildman–Crippen LogP) is 5.20. The molecular formula is C17H18BrN3. The van der Waals surface area contributed by atoms with E-state index in [4.69, 9.17) is 0 Å². The van der Waals surface area contributed by atoms with Crippen LogP contribution in [-0.4, -0.2) is 9.55 Å². The van der Waals surface area contributed by atoms with Gasteiger partial charge in [0, 0.05) is 29.1 Å². The minimum absolute atomic E-state index is 0.591. The summed E-state index contributed by atoms with van der Waals surface area (Å²) >= 11 is 3.50. The zero-order chi connectivity index (χ0) is 14.8. The summed E-state index contributed by atoms with van der Waals surface area (Å²) in [4.78, 5) is 4.40. The largest absolute Gasteiger partial charge is 0.326 e. The molecule has 0 saturated carbocycles. The molecule has 0 spiro atoms. The van der Waals surface area contributed by atoms with Gasteiger partial charge in [-0.3, -0.25) is 0 Å². The summed E-state index contributed by atoms with van der Waals surface area (Å²) in [6, 6.07) is 12.7. The van der Waals surface area contributed by atoms with Gasteiger partial charge in [0.05, 0.1) is 0 Å². The molecule has 0 atom stereocenters. The maximum absolute atomic E-state index is 4.40. The van der Waals surface area contributed by atoms with E-state index in [2.05, 4.69) is 81.0 Å². The highest BCUT2D eigenvalue weighted by Gasteiger charge is 2.05. The molecule has 21 heavy (non-hydrogen) atoms. The van der Waals surface area contributed by atoms with Crippen molar-refractivity contribution in [3.8, 4) is 0 Å². The zero-order valence-electron chi connectivity index (χ0n) is 12.2. The molecule has 0 bridgehead atoms. The first-order valence-electron chi connectivity index (χ1n) is 7.09. The Morgan fingerprint density at radius 1 is 1.14 bits per heavy atom. The third kappa shape index (κ3) is 3.27. The number of hydrogen-bond donors (Lipinski definition) is 1. The topological polar surface area (TPSA) is 29.9 Å². The van der Waals surface area contributed by atoms with Gasteiger partial charge < -0.3 is 9.88 Å². The maximum Gasteiger partial charge on any atom is 0.207 e. The molecule has 1 N–H and O–H groups in total. The number of benzene rings is 2. The lowest BCUT2D eigenvalue weighted by atomic mass is 10.1. The molecule has 0 radical (unpaired) electrons. The van der Waals surface area contributed by atoms with Crippen molar-refractivity contribution in [3.05, 3.63) is 53.3 Å². The van der Waals surface area contributed by atoms with Crippen molar-refractivity contribution >= 4 is 38.3 Å². The van der Waals surface area contributed by atoms with Crippen molar-refractivity contribution in [1.29, 1.82) is 0 Å².